The second kappa shape index (κ2) is 12.2. The maximum Gasteiger partial charge on any atom is 0.160 e. The van der Waals surface area contributed by atoms with Crippen molar-refractivity contribution in [2.24, 2.45) is 0 Å². The Bertz CT molecular complexity index is 2510. The molecule has 49 heavy (non-hydrogen) atoms. The molecule has 230 valence electrons. The first-order chi connectivity index (χ1) is 24.3. The topological polar surface area (TPSA) is 38.9 Å². The molecule has 2 aromatic heterocycles. The molecule has 0 aliphatic heterocycles. The van der Waals surface area contributed by atoms with E-state index in [0.717, 1.165) is 72.3 Å². The number of fused-ring (bicyclic) bond motifs is 3. The Morgan fingerprint density at radius 2 is 0.837 bits per heavy atom. The zero-order valence-electron chi connectivity index (χ0n) is 26.6. The Morgan fingerprint density at radius 1 is 0.327 bits per heavy atom. The van der Waals surface area contributed by atoms with E-state index in [1.54, 1.807) is 0 Å². The molecule has 0 unspecified atom stereocenters. The fourth-order valence-electron chi connectivity index (χ4n) is 6.63. The van der Waals surface area contributed by atoms with Gasteiger partial charge in [-0.2, -0.15) is 0 Å². The number of aromatic nitrogens is 2. The minimum atomic E-state index is 0.690. The van der Waals surface area contributed by atoms with Gasteiger partial charge in [0.15, 0.2) is 5.82 Å². The molecular formula is C46H30N2O. The van der Waals surface area contributed by atoms with Crippen molar-refractivity contribution in [3.8, 4) is 67.3 Å². The van der Waals surface area contributed by atoms with E-state index in [0.29, 0.717) is 5.82 Å². The van der Waals surface area contributed by atoms with E-state index in [1.807, 2.05) is 54.6 Å². The summed E-state index contributed by atoms with van der Waals surface area (Å²) in [5.41, 5.74) is 13.2. The van der Waals surface area contributed by atoms with Gasteiger partial charge in [0.05, 0.1) is 11.4 Å². The largest absolute Gasteiger partial charge is 0.455 e. The molecule has 2 heterocycles. The van der Waals surface area contributed by atoms with Crippen molar-refractivity contribution in [2.45, 2.75) is 0 Å². The van der Waals surface area contributed by atoms with Gasteiger partial charge in [0.25, 0.3) is 0 Å². The highest BCUT2D eigenvalue weighted by molar-refractivity contribution is 6.09. The fourth-order valence-corrected chi connectivity index (χ4v) is 6.63. The number of benzene rings is 7. The second-order valence-corrected chi connectivity index (χ2v) is 12.2. The Balaban J connectivity index is 1.26. The molecular weight excluding hydrogens is 597 g/mol. The summed E-state index contributed by atoms with van der Waals surface area (Å²) in [6.45, 7) is 0. The number of rotatable bonds is 6. The van der Waals surface area contributed by atoms with Crippen molar-refractivity contribution in [1.82, 2.24) is 9.97 Å². The van der Waals surface area contributed by atoms with Gasteiger partial charge in [-0.05, 0) is 58.1 Å². The lowest BCUT2D eigenvalue weighted by molar-refractivity contribution is 0.670. The fraction of sp³-hybridized carbons (Fsp3) is 0. The van der Waals surface area contributed by atoms with E-state index < -0.39 is 0 Å². The lowest BCUT2D eigenvalue weighted by Gasteiger charge is -2.14. The molecule has 3 heteroatoms. The van der Waals surface area contributed by atoms with E-state index in [2.05, 4.69) is 127 Å². The highest BCUT2D eigenvalue weighted by atomic mass is 16.3. The summed E-state index contributed by atoms with van der Waals surface area (Å²) in [7, 11) is 0. The van der Waals surface area contributed by atoms with E-state index >= 15 is 0 Å². The molecule has 0 aliphatic carbocycles. The molecule has 0 spiro atoms. The third-order valence-corrected chi connectivity index (χ3v) is 9.10. The highest BCUT2D eigenvalue weighted by Crippen LogP contribution is 2.40. The summed E-state index contributed by atoms with van der Waals surface area (Å²) < 4.78 is 6.52. The Morgan fingerprint density at radius 3 is 1.55 bits per heavy atom. The smallest absolute Gasteiger partial charge is 0.160 e. The minimum Gasteiger partial charge on any atom is -0.455 e. The van der Waals surface area contributed by atoms with Gasteiger partial charge in [0.1, 0.15) is 11.2 Å². The van der Waals surface area contributed by atoms with E-state index in [-0.39, 0.29) is 0 Å². The zero-order valence-corrected chi connectivity index (χ0v) is 26.6. The molecule has 0 bridgehead atoms. The molecule has 3 nitrogen and oxygen atoms in total. The zero-order chi connectivity index (χ0) is 32.6. The molecule has 0 saturated heterocycles. The predicted molar refractivity (Wildman–Crippen MR) is 202 cm³/mol. The van der Waals surface area contributed by atoms with Gasteiger partial charge in [-0.1, -0.05) is 152 Å². The monoisotopic (exact) mass is 626 g/mol. The highest BCUT2D eigenvalue weighted by Gasteiger charge is 2.17. The summed E-state index contributed by atoms with van der Waals surface area (Å²) in [6, 6.07) is 63.3. The average molecular weight is 627 g/mol. The maximum absolute atomic E-state index is 6.52. The Hall–Kier alpha value is -6.58. The number of para-hydroxylation sites is 2. The van der Waals surface area contributed by atoms with Crippen LogP contribution in [-0.4, -0.2) is 9.97 Å². The lowest BCUT2D eigenvalue weighted by atomic mass is 9.93. The summed E-state index contributed by atoms with van der Waals surface area (Å²) in [5, 5.41) is 2.22. The van der Waals surface area contributed by atoms with Crippen LogP contribution in [0.1, 0.15) is 0 Å². The molecule has 0 atom stereocenters. The summed E-state index contributed by atoms with van der Waals surface area (Å²) in [4.78, 5) is 10.2. The molecule has 0 fully saturated rings. The van der Waals surface area contributed by atoms with Crippen molar-refractivity contribution in [1.29, 1.82) is 0 Å². The van der Waals surface area contributed by atoms with Gasteiger partial charge in [-0.15, -0.1) is 0 Å². The average Bonchev–Trinajstić information content (AvgIpc) is 3.58. The van der Waals surface area contributed by atoms with Crippen LogP contribution in [0, 0.1) is 0 Å². The first-order valence-electron chi connectivity index (χ1n) is 16.5. The number of nitrogens with zero attached hydrogens (tertiary/aromatic N) is 2. The van der Waals surface area contributed by atoms with Crippen LogP contribution in [0.2, 0.25) is 0 Å². The maximum atomic E-state index is 6.52. The number of hydrogen-bond acceptors (Lipinski definition) is 3. The van der Waals surface area contributed by atoms with Crippen molar-refractivity contribution in [3.63, 3.8) is 0 Å². The van der Waals surface area contributed by atoms with Crippen molar-refractivity contribution in [3.05, 3.63) is 182 Å². The Kier molecular flexibility index (Phi) is 7.14. The molecule has 0 aliphatic rings. The van der Waals surface area contributed by atoms with Gasteiger partial charge < -0.3 is 4.42 Å². The van der Waals surface area contributed by atoms with Crippen molar-refractivity contribution >= 4 is 21.9 Å². The summed E-state index contributed by atoms with van der Waals surface area (Å²) >= 11 is 0. The number of hydrogen-bond donors (Lipinski definition) is 0. The van der Waals surface area contributed by atoms with Crippen LogP contribution in [-0.2, 0) is 0 Å². The molecule has 0 saturated carbocycles. The third kappa shape index (κ3) is 5.48. The number of furan rings is 1. The standard InChI is InChI=1S/C46H30N2O/c1-4-13-31(14-5-1)32-23-25-33(26-24-32)36-27-37(39-20-12-21-41-40-19-10-11-22-44(40)49-45(39)41)29-38(28-36)43-30-42(34-15-6-2-7-16-34)47-46(48-43)35-17-8-3-9-18-35/h1-30H. The summed E-state index contributed by atoms with van der Waals surface area (Å²) in [5.74, 6) is 0.690. The van der Waals surface area contributed by atoms with Crippen molar-refractivity contribution in [2.75, 3.05) is 0 Å². The van der Waals surface area contributed by atoms with Crippen LogP contribution in [0.15, 0.2) is 186 Å². The molecule has 0 N–H and O–H groups in total. The van der Waals surface area contributed by atoms with Crippen molar-refractivity contribution < 1.29 is 4.42 Å². The van der Waals surface area contributed by atoms with Gasteiger partial charge in [0, 0.05) is 33.0 Å². The minimum absolute atomic E-state index is 0.690. The van der Waals surface area contributed by atoms with Crippen LogP contribution >= 0.6 is 0 Å². The SMILES string of the molecule is c1ccc(-c2ccc(-c3cc(-c4cc(-c5ccccc5)nc(-c5ccccc5)n4)cc(-c4cccc5c4oc4ccccc45)c3)cc2)cc1. The molecule has 7 aromatic carbocycles. The van der Waals surface area contributed by atoms with Gasteiger partial charge in [-0.25, -0.2) is 9.97 Å². The van der Waals surface area contributed by atoms with Crippen LogP contribution in [0.4, 0.5) is 0 Å². The van der Waals surface area contributed by atoms with E-state index in [4.69, 9.17) is 14.4 Å². The normalized spacial score (nSPS) is 11.3. The quantitative estimate of drug-likeness (QED) is 0.184. The Labute approximate surface area is 284 Å². The first kappa shape index (κ1) is 28.6. The van der Waals surface area contributed by atoms with Crippen LogP contribution in [0.3, 0.4) is 0 Å². The van der Waals surface area contributed by atoms with E-state index in [1.165, 1.54) is 11.1 Å². The van der Waals surface area contributed by atoms with Gasteiger partial charge in [0.2, 0.25) is 0 Å². The molecule has 0 radical (unpaired) electrons. The van der Waals surface area contributed by atoms with Gasteiger partial charge >= 0.3 is 0 Å². The van der Waals surface area contributed by atoms with E-state index in [9.17, 15) is 0 Å². The van der Waals surface area contributed by atoms with Gasteiger partial charge in [-0.3, -0.25) is 0 Å². The molecule has 0 amide bonds. The summed E-state index contributed by atoms with van der Waals surface area (Å²) in [6.07, 6.45) is 0. The third-order valence-electron chi connectivity index (χ3n) is 9.10. The second-order valence-electron chi connectivity index (χ2n) is 12.2. The van der Waals surface area contributed by atoms with Crippen LogP contribution < -0.4 is 0 Å². The lowest BCUT2D eigenvalue weighted by Crippen LogP contribution is -1.96. The van der Waals surface area contributed by atoms with Crippen LogP contribution in [0.25, 0.3) is 89.2 Å². The first-order valence-corrected chi connectivity index (χ1v) is 16.5. The molecule has 9 aromatic rings. The van der Waals surface area contributed by atoms with Crippen LogP contribution in [0.5, 0.6) is 0 Å². The molecule has 9 rings (SSSR count). The predicted octanol–water partition coefficient (Wildman–Crippen LogP) is 12.4.